The monoisotopic (exact) mass is 329 g/mol. The topological polar surface area (TPSA) is 78.5 Å². The molecule has 2 aliphatic heterocycles. The predicted molar refractivity (Wildman–Crippen MR) is 90.0 cm³/mol. The summed E-state index contributed by atoms with van der Waals surface area (Å²) < 4.78 is 0. The molecular weight excluding hydrogens is 306 g/mol. The summed E-state index contributed by atoms with van der Waals surface area (Å²) in [6.07, 6.45) is 1.80. The number of imide groups is 1. The van der Waals surface area contributed by atoms with Crippen molar-refractivity contribution >= 4 is 17.7 Å². The Bertz CT molecular complexity index is 678. The summed E-state index contributed by atoms with van der Waals surface area (Å²) in [6.45, 7) is 6.10. The molecular formula is C18H23N3O3. The molecule has 1 fully saturated rings. The van der Waals surface area contributed by atoms with Gasteiger partial charge in [-0.25, -0.2) is 0 Å². The summed E-state index contributed by atoms with van der Waals surface area (Å²) in [5.41, 5.74) is 1.15. The molecule has 6 nitrogen and oxygen atoms in total. The highest BCUT2D eigenvalue weighted by Crippen LogP contribution is 2.25. The van der Waals surface area contributed by atoms with Crippen LogP contribution in [0.5, 0.6) is 0 Å². The van der Waals surface area contributed by atoms with Gasteiger partial charge >= 0.3 is 0 Å². The lowest BCUT2D eigenvalue weighted by atomic mass is 10.0. The van der Waals surface area contributed by atoms with E-state index < -0.39 is 0 Å². The molecule has 0 unspecified atom stereocenters. The highest BCUT2D eigenvalue weighted by atomic mass is 16.2. The highest BCUT2D eigenvalue weighted by molar-refractivity contribution is 6.22. The van der Waals surface area contributed by atoms with E-state index in [9.17, 15) is 14.4 Å². The van der Waals surface area contributed by atoms with Crippen molar-refractivity contribution in [3.8, 4) is 0 Å². The molecule has 2 aliphatic rings. The molecule has 0 bridgehead atoms. The van der Waals surface area contributed by atoms with Crippen LogP contribution in [0.2, 0.25) is 0 Å². The molecule has 1 aromatic carbocycles. The third-order valence-electron chi connectivity index (χ3n) is 4.45. The number of hydrogen-bond donors (Lipinski definition) is 2. The van der Waals surface area contributed by atoms with Gasteiger partial charge in [-0.15, -0.1) is 0 Å². The molecule has 3 rings (SSSR count). The summed E-state index contributed by atoms with van der Waals surface area (Å²) in [5, 5.41) is 6.26. The van der Waals surface area contributed by atoms with Crippen LogP contribution < -0.4 is 10.6 Å². The van der Waals surface area contributed by atoms with Gasteiger partial charge in [0.15, 0.2) is 0 Å². The third kappa shape index (κ3) is 3.19. The number of nitrogens with one attached hydrogen (secondary N) is 2. The summed E-state index contributed by atoms with van der Waals surface area (Å²) >= 11 is 0. The van der Waals surface area contributed by atoms with E-state index in [4.69, 9.17) is 0 Å². The summed E-state index contributed by atoms with van der Waals surface area (Å²) in [7, 11) is 0. The molecule has 3 amide bonds. The highest BCUT2D eigenvalue weighted by Gasteiger charge is 2.36. The van der Waals surface area contributed by atoms with Gasteiger partial charge in [0.05, 0.1) is 11.1 Å². The molecule has 0 atom stereocenters. The van der Waals surface area contributed by atoms with E-state index >= 15 is 0 Å². The fourth-order valence-corrected chi connectivity index (χ4v) is 3.20. The Balaban J connectivity index is 1.77. The van der Waals surface area contributed by atoms with Crippen molar-refractivity contribution < 1.29 is 14.4 Å². The Morgan fingerprint density at radius 2 is 1.88 bits per heavy atom. The standard InChI is InChI=1S/C18H23N3O3/c1-11(2)10-21-17(23)14-4-3-12(9-15(14)18(21)24)16(22)20-13-5-7-19-8-6-13/h3-4,9,11,13,19H,5-8,10H2,1-2H3,(H,20,22). The van der Waals surface area contributed by atoms with E-state index in [1.54, 1.807) is 18.2 Å². The average molecular weight is 329 g/mol. The zero-order valence-electron chi connectivity index (χ0n) is 14.1. The minimum atomic E-state index is -0.305. The number of fused-ring (bicyclic) bond motifs is 1. The number of rotatable bonds is 4. The van der Waals surface area contributed by atoms with Crippen molar-refractivity contribution in [3.63, 3.8) is 0 Å². The van der Waals surface area contributed by atoms with Crippen molar-refractivity contribution in [2.45, 2.75) is 32.7 Å². The lowest BCUT2D eigenvalue weighted by molar-refractivity contribution is 0.0636. The van der Waals surface area contributed by atoms with Gasteiger partial charge in [0.1, 0.15) is 0 Å². The maximum Gasteiger partial charge on any atom is 0.261 e. The second-order valence-electron chi connectivity index (χ2n) is 6.87. The second kappa shape index (κ2) is 6.73. The Morgan fingerprint density at radius 1 is 1.21 bits per heavy atom. The Morgan fingerprint density at radius 3 is 2.54 bits per heavy atom. The fourth-order valence-electron chi connectivity index (χ4n) is 3.20. The summed E-state index contributed by atoms with van der Waals surface area (Å²) in [5.74, 6) is -0.559. The van der Waals surface area contributed by atoms with Gasteiger partial charge in [0, 0.05) is 18.2 Å². The van der Waals surface area contributed by atoms with Gasteiger partial charge in [0.25, 0.3) is 17.7 Å². The van der Waals surface area contributed by atoms with Crippen molar-refractivity contribution in [2.75, 3.05) is 19.6 Å². The molecule has 0 aromatic heterocycles. The lowest BCUT2D eigenvalue weighted by Gasteiger charge is -2.23. The van der Waals surface area contributed by atoms with E-state index in [0.29, 0.717) is 23.2 Å². The molecule has 0 saturated carbocycles. The number of piperidine rings is 1. The van der Waals surface area contributed by atoms with E-state index in [-0.39, 0.29) is 29.7 Å². The maximum atomic E-state index is 12.5. The van der Waals surface area contributed by atoms with Crippen molar-refractivity contribution in [2.24, 2.45) is 5.92 Å². The predicted octanol–water partition coefficient (Wildman–Crippen LogP) is 1.42. The molecule has 1 saturated heterocycles. The van der Waals surface area contributed by atoms with E-state index in [1.807, 2.05) is 13.8 Å². The molecule has 6 heteroatoms. The molecule has 0 aliphatic carbocycles. The molecule has 2 heterocycles. The van der Waals surface area contributed by atoms with Crippen molar-refractivity contribution in [3.05, 3.63) is 34.9 Å². The number of amides is 3. The zero-order valence-corrected chi connectivity index (χ0v) is 14.1. The summed E-state index contributed by atoms with van der Waals surface area (Å²) in [4.78, 5) is 38.5. The number of carbonyl (C=O) groups excluding carboxylic acids is 3. The van der Waals surface area contributed by atoms with Crippen LogP contribution in [-0.4, -0.2) is 48.3 Å². The van der Waals surface area contributed by atoms with Crippen LogP contribution in [0.4, 0.5) is 0 Å². The third-order valence-corrected chi connectivity index (χ3v) is 4.45. The quantitative estimate of drug-likeness (QED) is 0.819. The van der Waals surface area contributed by atoms with Crippen LogP contribution in [0.1, 0.15) is 57.8 Å². The van der Waals surface area contributed by atoms with E-state index in [0.717, 1.165) is 25.9 Å². The smallest absolute Gasteiger partial charge is 0.261 e. The Kier molecular flexibility index (Phi) is 4.66. The zero-order chi connectivity index (χ0) is 17.3. The minimum absolute atomic E-state index is 0.154. The first kappa shape index (κ1) is 16.6. The first-order valence-corrected chi connectivity index (χ1v) is 8.49. The van der Waals surface area contributed by atoms with Crippen LogP contribution in [0.3, 0.4) is 0 Å². The normalized spacial score (nSPS) is 18.2. The lowest BCUT2D eigenvalue weighted by Crippen LogP contribution is -2.42. The number of carbonyl (C=O) groups is 3. The SMILES string of the molecule is CC(C)CN1C(=O)c2ccc(C(=O)NC3CCNCC3)cc2C1=O. The van der Waals surface area contributed by atoms with Gasteiger partial charge in [-0.2, -0.15) is 0 Å². The van der Waals surface area contributed by atoms with Gasteiger partial charge < -0.3 is 10.6 Å². The minimum Gasteiger partial charge on any atom is -0.349 e. The first-order chi connectivity index (χ1) is 11.5. The number of hydrogen-bond acceptors (Lipinski definition) is 4. The number of nitrogens with zero attached hydrogens (tertiary/aromatic N) is 1. The average Bonchev–Trinajstić information content (AvgIpc) is 2.80. The second-order valence-corrected chi connectivity index (χ2v) is 6.87. The molecule has 0 radical (unpaired) electrons. The summed E-state index contributed by atoms with van der Waals surface area (Å²) in [6, 6.07) is 4.92. The van der Waals surface area contributed by atoms with Crippen molar-refractivity contribution in [1.29, 1.82) is 0 Å². The van der Waals surface area contributed by atoms with Crippen molar-refractivity contribution in [1.82, 2.24) is 15.5 Å². The molecule has 0 spiro atoms. The molecule has 128 valence electrons. The molecule has 1 aromatic rings. The van der Waals surface area contributed by atoms with Crippen LogP contribution in [-0.2, 0) is 0 Å². The van der Waals surface area contributed by atoms with Crippen LogP contribution in [0, 0.1) is 5.92 Å². The maximum absolute atomic E-state index is 12.5. The number of benzene rings is 1. The van der Waals surface area contributed by atoms with Gasteiger partial charge in [0.2, 0.25) is 0 Å². The van der Waals surface area contributed by atoms with Crippen LogP contribution in [0.15, 0.2) is 18.2 Å². The van der Waals surface area contributed by atoms with Crippen LogP contribution >= 0.6 is 0 Å². The molecule has 24 heavy (non-hydrogen) atoms. The first-order valence-electron chi connectivity index (χ1n) is 8.49. The van der Waals surface area contributed by atoms with E-state index in [2.05, 4.69) is 10.6 Å². The largest absolute Gasteiger partial charge is 0.349 e. The van der Waals surface area contributed by atoms with Gasteiger partial charge in [-0.1, -0.05) is 13.8 Å². The Labute approximate surface area is 141 Å². The fraction of sp³-hybridized carbons (Fsp3) is 0.500. The van der Waals surface area contributed by atoms with Gasteiger partial charge in [-0.3, -0.25) is 19.3 Å². The van der Waals surface area contributed by atoms with E-state index in [1.165, 1.54) is 4.90 Å². The van der Waals surface area contributed by atoms with Gasteiger partial charge in [-0.05, 0) is 50.0 Å². The van der Waals surface area contributed by atoms with Crippen LogP contribution in [0.25, 0.3) is 0 Å². The molecule has 2 N–H and O–H groups in total. The Hall–Kier alpha value is -2.21.